The minimum absolute atomic E-state index is 0.210. The Hall–Kier alpha value is -1.22. The fourth-order valence-electron chi connectivity index (χ4n) is 3.18. The van der Waals surface area contributed by atoms with Crippen LogP contribution >= 0.6 is 0 Å². The molecule has 0 radical (unpaired) electrons. The molecule has 0 spiro atoms. The van der Waals surface area contributed by atoms with E-state index in [4.69, 9.17) is 4.74 Å². The van der Waals surface area contributed by atoms with Gasteiger partial charge in [-0.1, -0.05) is 0 Å². The van der Waals surface area contributed by atoms with Crippen LogP contribution in [0.15, 0.2) is 0 Å². The van der Waals surface area contributed by atoms with Gasteiger partial charge in [-0.25, -0.2) is 8.78 Å². The standard InChI is InChI=1S/C13H15F5N2O2/c1-5-4-6(2-3-22-5)20-10-7(11(21)9(15)8(10)14)12(19-20)13(16,17)18/h5-6,8-9,11,21H,2-4H2,1H3/t5-,6+,8+,9-,11+/m1/s1. The van der Waals surface area contributed by atoms with Gasteiger partial charge in [-0.3, -0.25) is 4.68 Å². The van der Waals surface area contributed by atoms with Gasteiger partial charge in [0, 0.05) is 12.2 Å². The van der Waals surface area contributed by atoms with E-state index in [2.05, 4.69) is 5.10 Å². The van der Waals surface area contributed by atoms with Crippen molar-refractivity contribution in [1.82, 2.24) is 9.78 Å². The average molecular weight is 326 g/mol. The van der Waals surface area contributed by atoms with Gasteiger partial charge >= 0.3 is 6.18 Å². The molecule has 1 aromatic heterocycles. The molecule has 4 nitrogen and oxygen atoms in total. The monoisotopic (exact) mass is 326 g/mol. The Morgan fingerprint density at radius 3 is 2.59 bits per heavy atom. The van der Waals surface area contributed by atoms with Gasteiger partial charge in [-0.15, -0.1) is 0 Å². The summed E-state index contributed by atoms with van der Waals surface area (Å²) in [6, 6.07) is -0.510. The van der Waals surface area contributed by atoms with E-state index < -0.39 is 47.6 Å². The van der Waals surface area contributed by atoms with Crippen LogP contribution in [0.25, 0.3) is 0 Å². The smallest absolute Gasteiger partial charge is 0.385 e. The van der Waals surface area contributed by atoms with Gasteiger partial charge in [-0.2, -0.15) is 18.3 Å². The number of alkyl halides is 5. The van der Waals surface area contributed by atoms with E-state index in [1.807, 2.05) is 0 Å². The van der Waals surface area contributed by atoms with Crippen LogP contribution in [-0.4, -0.2) is 33.8 Å². The third-order valence-corrected chi connectivity index (χ3v) is 4.20. The highest BCUT2D eigenvalue weighted by molar-refractivity contribution is 5.39. The number of hydrogen-bond acceptors (Lipinski definition) is 3. The number of halogens is 5. The normalized spacial score (nSPS) is 35.7. The van der Waals surface area contributed by atoms with Crippen molar-refractivity contribution >= 4 is 0 Å². The van der Waals surface area contributed by atoms with Crippen LogP contribution < -0.4 is 0 Å². The highest BCUT2D eigenvalue weighted by Crippen LogP contribution is 2.49. The number of aliphatic hydroxyl groups excluding tert-OH is 1. The second kappa shape index (κ2) is 5.16. The van der Waals surface area contributed by atoms with Gasteiger partial charge in [-0.05, 0) is 19.8 Å². The van der Waals surface area contributed by atoms with Crippen molar-refractivity contribution < 1.29 is 31.8 Å². The second-order valence-electron chi connectivity index (χ2n) is 5.74. The maximum Gasteiger partial charge on any atom is 0.435 e. The van der Waals surface area contributed by atoms with E-state index in [1.54, 1.807) is 6.92 Å². The van der Waals surface area contributed by atoms with Crippen molar-refractivity contribution in [2.75, 3.05) is 6.61 Å². The van der Waals surface area contributed by atoms with Gasteiger partial charge in [0.2, 0.25) is 0 Å². The van der Waals surface area contributed by atoms with E-state index in [9.17, 15) is 27.1 Å². The lowest BCUT2D eigenvalue weighted by Gasteiger charge is -2.28. The number of ether oxygens (including phenoxy) is 1. The van der Waals surface area contributed by atoms with Crippen molar-refractivity contribution in [3.8, 4) is 0 Å². The van der Waals surface area contributed by atoms with E-state index >= 15 is 0 Å². The second-order valence-corrected chi connectivity index (χ2v) is 5.74. The first-order chi connectivity index (χ1) is 10.2. The zero-order chi connectivity index (χ0) is 16.2. The number of fused-ring (bicyclic) bond motifs is 1. The van der Waals surface area contributed by atoms with Gasteiger partial charge in [0.1, 0.15) is 6.10 Å². The molecule has 0 bridgehead atoms. The third kappa shape index (κ3) is 2.30. The van der Waals surface area contributed by atoms with Crippen molar-refractivity contribution in [1.29, 1.82) is 0 Å². The highest BCUT2D eigenvalue weighted by atomic mass is 19.4. The number of aromatic nitrogens is 2. The van der Waals surface area contributed by atoms with E-state index in [0.717, 1.165) is 4.68 Å². The molecule has 3 rings (SSSR count). The van der Waals surface area contributed by atoms with Crippen molar-refractivity contribution in [3.63, 3.8) is 0 Å². The van der Waals surface area contributed by atoms with Gasteiger partial charge in [0.05, 0.1) is 17.8 Å². The molecule has 1 aliphatic carbocycles. The third-order valence-electron chi connectivity index (χ3n) is 4.20. The van der Waals surface area contributed by atoms with Crippen LogP contribution in [0, 0.1) is 0 Å². The molecule has 1 aliphatic heterocycles. The Morgan fingerprint density at radius 2 is 2.00 bits per heavy atom. The first kappa shape index (κ1) is 15.7. The Labute approximate surface area is 122 Å². The number of hydrogen-bond donors (Lipinski definition) is 1. The summed E-state index contributed by atoms with van der Waals surface area (Å²) in [5.74, 6) is 0. The van der Waals surface area contributed by atoms with Gasteiger partial charge in [0.15, 0.2) is 18.0 Å². The fraction of sp³-hybridized carbons (Fsp3) is 0.769. The van der Waals surface area contributed by atoms with Crippen molar-refractivity contribution in [2.24, 2.45) is 0 Å². The summed E-state index contributed by atoms with van der Waals surface area (Å²) in [7, 11) is 0. The zero-order valence-corrected chi connectivity index (χ0v) is 11.6. The molecule has 1 fully saturated rings. The van der Waals surface area contributed by atoms with Crippen LogP contribution in [0.3, 0.4) is 0 Å². The average Bonchev–Trinajstić information content (AvgIpc) is 2.93. The Balaban J connectivity index is 2.11. The summed E-state index contributed by atoms with van der Waals surface area (Å²) in [6.07, 6.45) is -11.2. The lowest BCUT2D eigenvalue weighted by molar-refractivity contribution is -0.143. The Kier molecular flexibility index (Phi) is 3.67. The van der Waals surface area contributed by atoms with E-state index in [1.165, 1.54) is 0 Å². The van der Waals surface area contributed by atoms with Crippen LogP contribution in [0.5, 0.6) is 0 Å². The van der Waals surface area contributed by atoms with Gasteiger partial charge in [0.25, 0.3) is 0 Å². The SMILES string of the molecule is C[C@@H]1C[C@@H](n2nc(C(F)(F)F)c3c2[C@@H](F)[C@@H](F)[C@H]3O)CCO1. The molecule has 0 amide bonds. The molecule has 124 valence electrons. The molecular formula is C13H15F5N2O2. The molecule has 0 aromatic carbocycles. The Morgan fingerprint density at radius 1 is 1.32 bits per heavy atom. The minimum atomic E-state index is -4.88. The predicted octanol–water partition coefficient (Wildman–Crippen LogP) is 3.04. The summed E-state index contributed by atoms with van der Waals surface area (Å²) < 4.78 is 73.2. The van der Waals surface area contributed by atoms with E-state index in [-0.39, 0.29) is 6.10 Å². The van der Waals surface area contributed by atoms with Crippen LogP contribution in [0.1, 0.15) is 55.0 Å². The molecule has 0 unspecified atom stereocenters. The Bertz CT molecular complexity index is 574. The summed E-state index contributed by atoms with van der Waals surface area (Å²) in [5.41, 5.74) is -2.67. The molecule has 1 N–H and O–H groups in total. The molecule has 1 saturated heterocycles. The lowest BCUT2D eigenvalue weighted by Crippen LogP contribution is -2.28. The summed E-state index contributed by atoms with van der Waals surface area (Å²) in [5, 5.41) is 13.1. The summed E-state index contributed by atoms with van der Waals surface area (Å²) in [4.78, 5) is 0. The van der Waals surface area contributed by atoms with Crippen molar-refractivity contribution in [2.45, 2.75) is 56.5 Å². The minimum Gasteiger partial charge on any atom is -0.385 e. The molecular weight excluding hydrogens is 311 g/mol. The lowest BCUT2D eigenvalue weighted by atomic mass is 10.0. The maximum atomic E-state index is 14.1. The molecule has 0 saturated carbocycles. The number of aliphatic hydroxyl groups is 1. The molecule has 2 aliphatic rings. The molecule has 5 atom stereocenters. The maximum absolute atomic E-state index is 14.1. The molecule has 9 heteroatoms. The first-order valence-electron chi connectivity index (χ1n) is 6.99. The van der Waals surface area contributed by atoms with Crippen molar-refractivity contribution in [3.05, 3.63) is 17.0 Å². The summed E-state index contributed by atoms with van der Waals surface area (Å²) in [6.45, 7) is 2.06. The molecule has 1 aromatic rings. The van der Waals surface area contributed by atoms with Gasteiger partial charge < -0.3 is 9.84 Å². The quantitative estimate of drug-likeness (QED) is 0.807. The number of nitrogens with zero attached hydrogens (tertiary/aromatic N) is 2. The highest BCUT2D eigenvalue weighted by Gasteiger charge is 2.52. The molecule has 22 heavy (non-hydrogen) atoms. The predicted molar refractivity (Wildman–Crippen MR) is 64.6 cm³/mol. The fourth-order valence-corrected chi connectivity index (χ4v) is 3.18. The largest absolute Gasteiger partial charge is 0.435 e. The van der Waals surface area contributed by atoms with Crippen LogP contribution in [-0.2, 0) is 10.9 Å². The molecule has 2 heterocycles. The van der Waals surface area contributed by atoms with E-state index in [0.29, 0.717) is 19.4 Å². The van der Waals surface area contributed by atoms with Crippen LogP contribution in [0.4, 0.5) is 22.0 Å². The zero-order valence-electron chi connectivity index (χ0n) is 11.6. The first-order valence-corrected chi connectivity index (χ1v) is 6.99. The topological polar surface area (TPSA) is 47.3 Å². The summed E-state index contributed by atoms with van der Waals surface area (Å²) >= 11 is 0. The van der Waals surface area contributed by atoms with Crippen LogP contribution in [0.2, 0.25) is 0 Å². The number of rotatable bonds is 1.